The van der Waals surface area contributed by atoms with Crippen molar-refractivity contribution in [1.29, 1.82) is 0 Å². The fraction of sp³-hybridized carbons (Fsp3) is 0.389. The Balaban J connectivity index is 1.52. The number of aryl methyl sites for hydroxylation is 1. The zero-order valence-corrected chi connectivity index (χ0v) is 12.7. The second-order valence-electron chi connectivity index (χ2n) is 5.74. The number of nitrogens with zero attached hydrogens (tertiary/aromatic N) is 1. The van der Waals surface area contributed by atoms with Crippen molar-refractivity contribution in [3.63, 3.8) is 0 Å². The van der Waals surface area contributed by atoms with Crippen molar-refractivity contribution in [3.05, 3.63) is 53.7 Å². The summed E-state index contributed by atoms with van der Waals surface area (Å²) in [6.07, 6.45) is 4.23. The maximum absolute atomic E-state index is 5.35. The molecule has 1 saturated carbocycles. The lowest BCUT2D eigenvalue weighted by atomic mass is 9.75. The molecular weight excluding hydrogens is 260 g/mol. The first kappa shape index (κ1) is 13.9. The van der Waals surface area contributed by atoms with Crippen LogP contribution in [-0.2, 0) is 0 Å². The molecule has 1 aliphatic carbocycles. The predicted octanol–water partition coefficient (Wildman–Crippen LogP) is 4.15. The van der Waals surface area contributed by atoms with E-state index in [-0.39, 0.29) is 0 Å². The third-order valence-corrected chi connectivity index (χ3v) is 4.05. The molecule has 1 aromatic carbocycles. The van der Waals surface area contributed by atoms with Crippen LogP contribution in [0.4, 0.5) is 5.69 Å². The molecule has 1 heterocycles. The summed E-state index contributed by atoms with van der Waals surface area (Å²) in [6, 6.07) is 13.4. The molecule has 0 spiro atoms. The summed E-state index contributed by atoms with van der Waals surface area (Å²) in [5, 5.41) is 3.54. The lowest BCUT2D eigenvalue weighted by Gasteiger charge is -2.37. The second-order valence-corrected chi connectivity index (χ2v) is 5.74. The number of ether oxygens (including phenoxy) is 1. The number of pyridine rings is 1. The summed E-state index contributed by atoms with van der Waals surface area (Å²) in [5.74, 6) is 1.38. The molecule has 0 atom stereocenters. The largest absolute Gasteiger partial charge is 0.478 e. The fourth-order valence-electron chi connectivity index (χ4n) is 2.87. The van der Waals surface area contributed by atoms with Crippen molar-refractivity contribution in [2.24, 2.45) is 0 Å². The molecule has 0 saturated heterocycles. The van der Waals surface area contributed by atoms with Crippen molar-refractivity contribution in [1.82, 2.24) is 4.98 Å². The number of hydrogen-bond donors (Lipinski definition) is 1. The van der Waals surface area contributed by atoms with Crippen LogP contribution >= 0.6 is 0 Å². The third-order valence-electron chi connectivity index (χ3n) is 4.05. The Morgan fingerprint density at radius 3 is 2.76 bits per heavy atom. The zero-order valence-electron chi connectivity index (χ0n) is 12.7. The highest BCUT2D eigenvalue weighted by Gasteiger charge is 2.30. The van der Waals surface area contributed by atoms with Crippen LogP contribution in [0.2, 0.25) is 0 Å². The molecule has 3 nitrogen and oxygen atoms in total. The van der Waals surface area contributed by atoms with Gasteiger partial charge in [0.2, 0.25) is 5.88 Å². The van der Waals surface area contributed by atoms with Gasteiger partial charge in [-0.3, -0.25) is 0 Å². The SMILES string of the molecule is CCOc1ccc(NC2CC(c3cccc(C)c3)C2)cn1. The van der Waals surface area contributed by atoms with E-state index in [1.807, 2.05) is 25.3 Å². The Labute approximate surface area is 126 Å². The summed E-state index contributed by atoms with van der Waals surface area (Å²) in [6.45, 7) is 4.78. The van der Waals surface area contributed by atoms with Gasteiger partial charge in [-0.15, -0.1) is 0 Å². The van der Waals surface area contributed by atoms with Crippen molar-refractivity contribution in [2.45, 2.75) is 38.6 Å². The van der Waals surface area contributed by atoms with E-state index in [4.69, 9.17) is 4.74 Å². The highest BCUT2D eigenvalue weighted by atomic mass is 16.5. The molecule has 21 heavy (non-hydrogen) atoms. The van der Waals surface area contributed by atoms with Gasteiger partial charge in [-0.25, -0.2) is 4.98 Å². The van der Waals surface area contributed by atoms with E-state index in [0.717, 1.165) is 5.69 Å². The van der Waals surface area contributed by atoms with Gasteiger partial charge in [0.1, 0.15) is 0 Å². The molecule has 1 fully saturated rings. The first-order valence-corrected chi connectivity index (χ1v) is 7.66. The van der Waals surface area contributed by atoms with Gasteiger partial charge in [0.15, 0.2) is 0 Å². The van der Waals surface area contributed by atoms with Gasteiger partial charge in [-0.05, 0) is 44.2 Å². The maximum atomic E-state index is 5.35. The Kier molecular flexibility index (Phi) is 4.09. The van der Waals surface area contributed by atoms with Gasteiger partial charge in [0, 0.05) is 12.1 Å². The van der Waals surface area contributed by atoms with Gasteiger partial charge in [0.05, 0.1) is 18.5 Å². The van der Waals surface area contributed by atoms with E-state index in [1.165, 1.54) is 24.0 Å². The van der Waals surface area contributed by atoms with Crippen LogP contribution in [0.3, 0.4) is 0 Å². The first-order valence-electron chi connectivity index (χ1n) is 7.66. The zero-order chi connectivity index (χ0) is 14.7. The van der Waals surface area contributed by atoms with Crippen molar-refractivity contribution in [2.75, 3.05) is 11.9 Å². The van der Waals surface area contributed by atoms with E-state index < -0.39 is 0 Å². The standard InChI is InChI=1S/C18H22N2O/c1-3-21-18-8-7-16(12-19-18)20-17-10-15(11-17)14-6-4-5-13(2)9-14/h4-9,12,15,17,20H,3,10-11H2,1-2H3. The number of nitrogens with one attached hydrogen (secondary N) is 1. The topological polar surface area (TPSA) is 34.1 Å². The number of benzene rings is 1. The number of anilines is 1. The molecular formula is C18H22N2O. The smallest absolute Gasteiger partial charge is 0.213 e. The summed E-state index contributed by atoms with van der Waals surface area (Å²) >= 11 is 0. The fourth-order valence-corrected chi connectivity index (χ4v) is 2.87. The highest BCUT2D eigenvalue weighted by molar-refractivity contribution is 5.44. The molecule has 3 rings (SSSR count). The van der Waals surface area contributed by atoms with E-state index in [1.54, 1.807) is 0 Å². The summed E-state index contributed by atoms with van der Waals surface area (Å²) < 4.78 is 5.35. The van der Waals surface area contributed by atoms with Crippen LogP contribution in [0.5, 0.6) is 5.88 Å². The van der Waals surface area contributed by atoms with Crippen molar-refractivity contribution in [3.8, 4) is 5.88 Å². The normalized spacial score (nSPS) is 20.7. The molecule has 2 aromatic rings. The molecule has 0 unspecified atom stereocenters. The molecule has 0 amide bonds. The Hall–Kier alpha value is -2.03. The minimum Gasteiger partial charge on any atom is -0.478 e. The summed E-state index contributed by atoms with van der Waals surface area (Å²) in [5.41, 5.74) is 3.89. The van der Waals surface area contributed by atoms with E-state index in [9.17, 15) is 0 Å². The second kappa shape index (κ2) is 6.17. The highest BCUT2D eigenvalue weighted by Crippen LogP contribution is 2.38. The maximum Gasteiger partial charge on any atom is 0.213 e. The quantitative estimate of drug-likeness (QED) is 0.894. The van der Waals surface area contributed by atoms with Crippen LogP contribution in [0.1, 0.15) is 36.8 Å². The van der Waals surface area contributed by atoms with Crippen LogP contribution in [0.25, 0.3) is 0 Å². The molecule has 110 valence electrons. The Morgan fingerprint density at radius 1 is 1.24 bits per heavy atom. The molecule has 1 aromatic heterocycles. The van der Waals surface area contributed by atoms with Gasteiger partial charge < -0.3 is 10.1 Å². The van der Waals surface area contributed by atoms with Crippen LogP contribution < -0.4 is 10.1 Å². The molecule has 0 radical (unpaired) electrons. The Morgan fingerprint density at radius 2 is 2.10 bits per heavy atom. The minimum absolute atomic E-state index is 0.551. The summed E-state index contributed by atoms with van der Waals surface area (Å²) in [4.78, 5) is 4.28. The summed E-state index contributed by atoms with van der Waals surface area (Å²) in [7, 11) is 0. The van der Waals surface area contributed by atoms with Crippen molar-refractivity contribution >= 4 is 5.69 Å². The van der Waals surface area contributed by atoms with E-state index >= 15 is 0 Å². The average molecular weight is 282 g/mol. The lowest BCUT2D eigenvalue weighted by molar-refractivity contribution is 0.327. The lowest BCUT2D eigenvalue weighted by Crippen LogP contribution is -2.34. The molecule has 0 bridgehead atoms. The first-order chi connectivity index (χ1) is 10.2. The van der Waals surface area contributed by atoms with Gasteiger partial charge in [0.25, 0.3) is 0 Å². The third kappa shape index (κ3) is 3.35. The van der Waals surface area contributed by atoms with E-state index in [2.05, 4.69) is 41.5 Å². The van der Waals surface area contributed by atoms with Gasteiger partial charge in [-0.1, -0.05) is 29.8 Å². The van der Waals surface area contributed by atoms with Crippen molar-refractivity contribution < 1.29 is 4.74 Å². The average Bonchev–Trinajstić information content (AvgIpc) is 2.44. The molecule has 0 aliphatic heterocycles. The predicted molar refractivity (Wildman–Crippen MR) is 86.0 cm³/mol. The van der Waals surface area contributed by atoms with E-state index in [0.29, 0.717) is 24.4 Å². The van der Waals surface area contributed by atoms with Gasteiger partial charge >= 0.3 is 0 Å². The van der Waals surface area contributed by atoms with Crippen LogP contribution in [0.15, 0.2) is 42.6 Å². The molecule has 1 aliphatic rings. The molecule has 1 N–H and O–H groups in total. The van der Waals surface area contributed by atoms with Crippen LogP contribution in [-0.4, -0.2) is 17.6 Å². The molecule has 3 heteroatoms. The number of rotatable bonds is 5. The van der Waals surface area contributed by atoms with Crippen LogP contribution in [0, 0.1) is 6.92 Å². The minimum atomic E-state index is 0.551. The Bertz CT molecular complexity index is 588. The monoisotopic (exact) mass is 282 g/mol. The number of hydrogen-bond acceptors (Lipinski definition) is 3. The van der Waals surface area contributed by atoms with Gasteiger partial charge in [-0.2, -0.15) is 0 Å². The number of aromatic nitrogens is 1.